The van der Waals surface area contributed by atoms with Crippen molar-refractivity contribution in [1.29, 1.82) is 0 Å². The monoisotopic (exact) mass is 222 g/mol. The molecule has 0 bridgehead atoms. The number of nitrogens with zero attached hydrogens (tertiary/aromatic N) is 1. The second kappa shape index (κ2) is 6.07. The van der Waals surface area contributed by atoms with Gasteiger partial charge in [0.1, 0.15) is 5.82 Å². The predicted molar refractivity (Wildman–Crippen MR) is 69.5 cm³/mol. The van der Waals surface area contributed by atoms with Crippen LogP contribution >= 0.6 is 0 Å². The van der Waals surface area contributed by atoms with Gasteiger partial charge in [-0.1, -0.05) is 41.0 Å². The lowest BCUT2D eigenvalue weighted by Gasteiger charge is -2.16. The van der Waals surface area contributed by atoms with E-state index in [2.05, 4.69) is 44.6 Å². The van der Waals surface area contributed by atoms with E-state index in [9.17, 15) is 0 Å². The molecule has 1 rings (SSSR count). The van der Waals surface area contributed by atoms with Crippen LogP contribution in [0.15, 0.2) is 6.20 Å². The number of aromatic amines is 1. The van der Waals surface area contributed by atoms with Gasteiger partial charge >= 0.3 is 0 Å². The Bertz CT molecular complexity index is 301. The number of imidazole rings is 1. The Balaban J connectivity index is 2.51. The number of hydrogen-bond donors (Lipinski definition) is 1. The average molecular weight is 222 g/mol. The van der Waals surface area contributed by atoms with Crippen LogP contribution in [0, 0.1) is 17.8 Å². The van der Waals surface area contributed by atoms with Crippen LogP contribution in [-0.4, -0.2) is 9.97 Å². The van der Waals surface area contributed by atoms with Gasteiger partial charge < -0.3 is 4.98 Å². The van der Waals surface area contributed by atoms with Crippen LogP contribution in [0.4, 0.5) is 0 Å². The summed E-state index contributed by atoms with van der Waals surface area (Å²) in [5.74, 6) is 3.34. The minimum absolute atomic E-state index is 0.695. The molecule has 2 nitrogen and oxygen atoms in total. The SMILES string of the molecule is CCC(C)C(C)Cc1ncc(CC(C)C)[nH]1. The zero-order valence-corrected chi connectivity index (χ0v) is 11.4. The normalized spacial score (nSPS) is 15.4. The number of H-pyrrole nitrogens is 1. The van der Waals surface area contributed by atoms with Crippen LogP contribution in [-0.2, 0) is 12.8 Å². The average Bonchev–Trinajstić information content (AvgIpc) is 2.63. The lowest BCUT2D eigenvalue weighted by atomic mass is 9.91. The van der Waals surface area contributed by atoms with Gasteiger partial charge in [-0.05, 0) is 24.2 Å². The van der Waals surface area contributed by atoms with E-state index in [1.807, 2.05) is 6.20 Å². The number of rotatable bonds is 6. The van der Waals surface area contributed by atoms with Gasteiger partial charge in [-0.25, -0.2) is 4.98 Å². The fourth-order valence-corrected chi connectivity index (χ4v) is 1.96. The van der Waals surface area contributed by atoms with E-state index >= 15 is 0 Å². The highest BCUT2D eigenvalue weighted by molar-refractivity contribution is 5.02. The summed E-state index contributed by atoms with van der Waals surface area (Å²) in [5, 5.41) is 0. The summed E-state index contributed by atoms with van der Waals surface area (Å²) in [4.78, 5) is 7.91. The van der Waals surface area contributed by atoms with Gasteiger partial charge in [0, 0.05) is 18.3 Å². The molecule has 2 atom stereocenters. The van der Waals surface area contributed by atoms with Crippen molar-refractivity contribution < 1.29 is 0 Å². The molecule has 0 aliphatic rings. The van der Waals surface area contributed by atoms with Crippen LogP contribution in [0.3, 0.4) is 0 Å². The zero-order valence-electron chi connectivity index (χ0n) is 11.4. The van der Waals surface area contributed by atoms with Crippen molar-refractivity contribution in [3.05, 3.63) is 17.7 Å². The van der Waals surface area contributed by atoms with Crippen molar-refractivity contribution in [2.75, 3.05) is 0 Å². The Labute approximate surface area is 99.9 Å². The van der Waals surface area contributed by atoms with E-state index in [0.29, 0.717) is 11.8 Å². The third-order valence-electron chi connectivity index (χ3n) is 3.44. The molecule has 0 aliphatic carbocycles. The van der Waals surface area contributed by atoms with Crippen molar-refractivity contribution in [3.63, 3.8) is 0 Å². The molecule has 0 saturated heterocycles. The molecule has 92 valence electrons. The van der Waals surface area contributed by atoms with Gasteiger partial charge in [0.15, 0.2) is 0 Å². The molecule has 2 unspecified atom stereocenters. The van der Waals surface area contributed by atoms with Gasteiger partial charge in [-0.15, -0.1) is 0 Å². The van der Waals surface area contributed by atoms with E-state index in [4.69, 9.17) is 0 Å². The molecule has 1 heterocycles. The maximum Gasteiger partial charge on any atom is 0.106 e. The molecule has 0 aromatic carbocycles. The summed E-state index contributed by atoms with van der Waals surface area (Å²) in [6.07, 6.45) is 5.43. The summed E-state index contributed by atoms with van der Waals surface area (Å²) >= 11 is 0. The highest BCUT2D eigenvalue weighted by atomic mass is 14.9. The first-order chi connectivity index (χ1) is 7.52. The molecule has 0 radical (unpaired) electrons. The predicted octanol–water partition coefficient (Wildman–Crippen LogP) is 3.83. The smallest absolute Gasteiger partial charge is 0.106 e. The lowest BCUT2D eigenvalue weighted by Crippen LogP contribution is -2.10. The molecule has 2 heteroatoms. The molecular weight excluding hydrogens is 196 g/mol. The molecule has 0 spiro atoms. The molecule has 0 fully saturated rings. The van der Waals surface area contributed by atoms with Crippen LogP contribution < -0.4 is 0 Å². The van der Waals surface area contributed by atoms with E-state index in [-0.39, 0.29) is 0 Å². The van der Waals surface area contributed by atoms with Crippen LogP contribution in [0.25, 0.3) is 0 Å². The molecule has 16 heavy (non-hydrogen) atoms. The molecule has 0 amide bonds. The van der Waals surface area contributed by atoms with E-state index in [1.54, 1.807) is 0 Å². The first kappa shape index (κ1) is 13.3. The first-order valence-corrected chi connectivity index (χ1v) is 6.55. The molecule has 1 aromatic rings. The van der Waals surface area contributed by atoms with Gasteiger partial charge in [-0.3, -0.25) is 0 Å². The van der Waals surface area contributed by atoms with Crippen LogP contribution in [0.1, 0.15) is 52.6 Å². The summed E-state index contributed by atoms with van der Waals surface area (Å²) in [7, 11) is 0. The van der Waals surface area contributed by atoms with Gasteiger partial charge in [0.25, 0.3) is 0 Å². The fraction of sp³-hybridized carbons (Fsp3) is 0.786. The van der Waals surface area contributed by atoms with Crippen molar-refractivity contribution in [1.82, 2.24) is 9.97 Å². The van der Waals surface area contributed by atoms with Gasteiger partial charge in [0.05, 0.1) is 0 Å². The van der Waals surface area contributed by atoms with Gasteiger partial charge in [-0.2, -0.15) is 0 Å². The second-order valence-corrected chi connectivity index (χ2v) is 5.52. The first-order valence-electron chi connectivity index (χ1n) is 6.55. The Morgan fingerprint density at radius 3 is 2.38 bits per heavy atom. The Morgan fingerprint density at radius 2 is 1.81 bits per heavy atom. The summed E-state index contributed by atoms with van der Waals surface area (Å²) in [6.45, 7) is 11.4. The largest absolute Gasteiger partial charge is 0.346 e. The minimum Gasteiger partial charge on any atom is -0.346 e. The lowest BCUT2D eigenvalue weighted by molar-refractivity contribution is 0.370. The van der Waals surface area contributed by atoms with E-state index in [0.717, 1.165) is 24.6 Å². The van der Waals surface area contributed by atoms with E-state index < -0.39 is 0 Å². The topological polar surface area (TPSA) is 28.7 Å². The Hall–Kier alpha value is -0.790. The number of aromatic nitrogens is 2. The summed E-state index contributed by atoms with van der Waals surface area (Å²) in [6, 6.07) is 0. The Kier molecular flexibility index (Phi) is 5.04. The third-order valence-corrected chi connectivity index (χ3v) is 3.44. The van der Waals surface area contributed by atoms with E-state index in [1.165, 1.54) is 12.1 Å². The molecule has 0 saturated carbocycles. The highest BCUT2D eigenvalue weighted by Crippen LogP contribution is 2.18. The Morgan fingerprint density at radius 1 is 1.12 bits per heavy atom. The van der Waals surface area contributed by atoms with Crippen molar-refractivity contribution in [2.45, 2.75) is 53.9 Å². The molecule has 1 aromatic heterocycles. The summed E-state index contributed by atoms with van der Waals surface area (Å²) < 4.78 is 0. The standard InChI is InChI=1S/C14H26N2/c1-6-11(4)12(5)8-14-15-9-13(16-14)7-10(2)3/h9-12H,6-8H2,1-5H3,(H,15,16). The van der Waals surface area contributed by atoms with Crippen LogP contribution in [0.2, 0.25) is 0 Å². The second-order valence-electron chi connectivity index (χ2n) is 5.52. The fourth-order valence-electron chi connectivity index (χ4n) is 1.96. The minimum atomic E-state index is 0.695. The highest BCUT2D eigenvalue weighted by Gasteiger charge is 2.13. The van der Waals surface area contributed by atoms with Crippen molar-refractivity contribution in [3.8, 4) is 0 Å². The number of hydrogen-bond acceptors (Lipinski definition) is 1. The maximum absolute atomic E-state index is 4.47. The molecule has 1 N–H and O–H groups in total. The zero-order chi connectivity index (χ0) is 12.1. The van der Waals surface area contributed by atoms with Crippen molar-refractivity contribution >= 4 is 0 Å². The summed E-state index contributed by atoms with van der Waals surface area (Å²) in [5.41, 5.74) is 1.28. The molecule has 0 aliphatic heterocycles. The quantitative estimate of drug-likeness (QED) is 0.778. The van der Waals surface area contributed by atoms with Gasteiger partial charge in [0.2, 0.25) is 0 Å². The molecular formula is C14H26N2. The third kappa shape index (κ3) is 3.99. The van der Waals surface area contributed by atoms with Crippen molar-refractivity contribution in [2.24, 2.45) is 17.8 Å². The van der Waals surface area contributed by atoms with Crippen LogP contribution in [0.5, 0.6) is 0 Å². The number of nitrogens with one attached hydrogen (secondary N) is 1. The maximum atomic E-state index is 4.47.